The number of imide groups is 1. The number of carbonyl (C=O) groups excluding carboxylic acids is 5. The number of anilines is 1. The van der Waals surface area contributed by atoms with Gasteiger partial charge in [-0.15, -0.1) is 0 Å². The van der Waals surface area contributed by atoms with E-state index in [9.17, 15) is 24.0 Å². The number of nitrogens with zero attached hydrogens (tertiary/aromatic N) is 1. The Morgan fingerprint density at radius 1 is 1.06 bits per heavy atom. The molecule has 1 saturated carbocycles. The SMILES string of the molecule is CC(C)C(=O)Nc1ccc(C(=O)C(C)OC(=O)CN2C(=O)NC3(CCCCC3)C2=O)cc1. The number of carbonyl (C=O) groups is 5. The first kappa shape index (κ1) is 23.4. The van der Waals surface area contributed by atoms with E-state index in [1.54, 1.807) is 26.0 Å². The lowest BCUT2D eigenvalue weighted by molar-refractivity contribution is -0.150. The van der Waals surface area contributed by atoms with E-state index in [2.05, 4.69) is 10.6 Å². The first-order valence-electron chi connectivity index (χ1n) is 10.9. The van der Waals surface area contributed by atoms with Crippen LogP contribution in [0, 0.1) is 5.92 Å². The fourth-order valence-electron chi connectivity index (χ4n) is 3.97. The van der Waals surface area contributed by atoms with Crippen LogP contribution in [0.15, 0.2) is 24.3 Å². The number of esters is 1. The first-order chi connectivity index (χ1) is 15.1. The Labute approximate surface area is 186 Å². The van der Waals surface area contributed by atoms with Gasteiger partial charge in [0.2, 0.25) is 11.7 Å². The zero-order valence-electron chi connectivity index (χ0n) is 18.6. The van der Waals surface area contributed by atoms with Crippen molar-refractivity contribution in [1.82, 2.24) is 10.2 Å². The summed E-state index contributed by atoms with van der Waals surface area (Å²) in [6.45, 7) is 4.45. The predicted octanol–water partition coefficient (Wildman–Crippen LogP) is 2.65. The fraction of sp³-hybridized carbons (Fsp3) is 0.522. The van der Waals surface area contributed by atoms with Gasteiger partial charge in [-0.25, -0.2) is 4.79 Å². The maximum absolute atomic E-state index is 12.8. The van der Waals surface area contributed by atoms with E-state index in [1.165, 1.54) is 19.1 Å². The van der Waals surface area contributed by atoms with Gasteiger partial charge in [0, 0.05) is 17.2 Å². The van der Waals surface area contributed by atoms with Crippen molar-refractivity contribution in [3.05, 3.63) is 29.8 Å². The summed E-state index contributed by atoms with van der Waals surface area (Å²) in [6, 6.07) is 5.66. The highest BCUT2D eigenvalue weighted by Gasteiger charge is 2.51. The number of hydrogen-bond donors (Lipinski definition) is 2. The third kappa shape index (κ3) is 4.98. The molecule has 32 heavy (non-hydrogen) atoms. The average Bonchev–Trinajstić information content (AvgIpc) is 2.97. The largest absolute Gasteiger partial charge is 0.453 e. The summed E-state index contributed by atoms with van der Waals surface area (Å²) in [5.41, 5.74) is -0.0480. The molecular formula is C23H29N3O6. The molecule has 3 rings (SSSR count). The lowest BCUT2D eigenvalue weighted by Crippen LogP contribution is -2.48. The van der Waals surface area contributed by atoms with Crippen molar-refractivity contribution in [1.29, 1.82) is 0 Å². The van der Waals surface area contributed by atoms with Crippen LogP contribution in [0.2, 0.25) is 0 Å². The van der Waals surface area contributed by atoms with Gasteiger partial charge >= 0.3 is 12.0 Å². The molecule has 9 heteroatoms. The molecule has 1 atom stereocenters. The van der Waals surface area contributed by atoms with Gasteiger partial charge in [0.25, 0.3) is 5.91 Å². The summed E-state index contributed by atoms with van der Waals surface area (Å²) in [4.78, 5) is 62.6. The van der Waals surface area contributed by atoms with Gasteiger partial charge in [-0.3, -0.25) is 24.1 Å². The van der Waals surface area contributed by atoms with Crippen LogP contribution >= 0.6 is 0 Å². The van der Waals surface area contributed by atoms with Crippen LogP contribution in [0.1, 0.15) is 63.2 Å². The minimum absolute atomic E-state index is 0.137. The third-order valence-corrected chi connectivity index (χ3v) is 5.88. The minimum Gasteiger partial charge on any atom is -0.453 e. The van der Waals surface area contributed by atoms with Crippen LogP contribution < -0.4 is 10.6 Å². The van der Waals surface area contributed by atoms with Crippen molar-refractivity contribution in [3.63, 3.8) is 0 Å². The normalized spacial score (nSPS) is 18.4. The molecule has 1 aromatic rings. The van der Waals surface area contributed by atoms with Gasteiger partial charge in [0.15, 0.2) is 6.10 Å². The van der Waals surface area contributed by atoms with Crippen molar-refractivity contribution in [2.45, 2.75) is 64.5 Å². The minimum atomic E-state index is -1.09. The molecule has 172 valence electrons. The van der Waals surface area contributed by atoms with Crippen molar-refractivity contribution in [2.24, 2.45) is 5.92 Å². The molecular weight excluding hydrogens is 414 g/mol. The van der Waals surface area contributed by atoms with E-state index in [4.69, 9.17) is 4.74 Å². The molecule has 1 aliphatic heterocycles. The van der Waals surface area contributed by atoms with Crippen LogP contribution in [-0.2, 0) is 19.1 Å². The summed E-state index contributed by atoms with van der Waals surface area (Å²) in [6.07, 6.45) is 2.73. The first-order valence-corrected chi connectivity index (χ1v) is 10.9. The number of nitrogens with one attached hydrogen (secondary N) is 2. The highest BCUT2D eigenvalue weighted by molar-refractivity contribution is 6.09. The van der Waals surface area contributed by atoms with E-state index in [0.29, 0.717) is 24.1 Å². The van der Waals surface area contributed by atoms with Gasteiger partial charge in [-0.1, -0.05) is 33.1 Å². The molecule has 0 bridgehead atoms. The molecule has 2 fully saturated rings. The molecule has 4 amide bonds. The monoisotopic (exact) mass is 443 g/mol. The summed E-state index contributed by atoms with van der Waals surface area (Å²) < 4.78 is 5.20. The van der Waals surface area contributed by atoms with Gasteiger partial charge in [0.1, 0.15) is 12.1 Å². The van der Waals surface area contributed by atoms with Crippen LogP contribution in [0.3, 0.4) is 0 Å². The Kier molecular flexibility index (Phi) is 6.96. The molecule has 0 radical (unpaired) electrons. The van der Waals surface area contributed by atoms with Gasteiger partial charge in [-0.05, 0) is 44.0 Å². The van der Waals surface area contributed by atoms with Crippen molar-refractivity contribution >= 4 is 35.3 Å². The zero-order valence-corrected chi connectivity index (χ0v) is 18.6. The molecule has 0 aromatic heterocycles. The Balaban J connectivity index is 1.56. The average molecular weight is 444 g/mol. The number of hydrogen-bond acceptors (Lipinski definition) is 6. The predicted molar refractivity (Wildman–Crippen MR) is 116 cm³/mol. The molecule has 2 aliphatic rings. The summed E-state index contributed by atoms with van der Waals surface area (Å²) in [7, 11) is 0. The molecule has 1 unspecified atom stereocenters. The quantitative estimate of drug-likeness (QED) is 0.380. The molecule has 1 heterocycles. The maximum atomic E-state index is 12.8. The molecule has 1 aliphatic carbocycles. The Morgan fingerprint density at radius 2 is 1.69 bits per heavy atom. The highest BCUT2D eigenvalue weighted by atomic mass is 16.5. The summed E-state index contributed by atoms with van der Waals surface area (Å²) in [5, 5.41) is 5.47. The topological polar surface area (TPSA) is 122 Å². The number of amides is 4. The Bertz CT molecular complexity index is 918. The number of urea groups is 1. The molecule has 1 spiro atoms. The van der Waals surface area contributed by atoms with Crippen molar-refractivity contribution in [3.8, 4) is 0 Å². The van der Waals surface area contributed by atoms with Gasteiger partial charge < -0.3 is 15.4 Å². The van der Waals surface area contributed by atoms with E-state index in [-0.39, 0.29) is 11.8 Å². The van der Waals surface area contributed by atoms with E-state index >= 15 is 0 Å². The fourth-order valence-corrected chi connectivity index (χ4v) is 3.97. The smallest absolute Gasteiger partial charge is 0.326 e. The number of rotatable bonds is 7. The maximum Gasteiger partial charge on any atom is 0.326 e. The lowest BCUT2D eigenvalue weighted by atomic mass is 9.82. The van der Waals surface area contributed by atoms with Crippen molar-refractivity contribution < 1.29 is 28.7 Å². The lowest BCUT2D eigenvalue weighted by Gasteiger charge is -2.30. The van der Waals surface area contributed by atoms with Crippen LogP contribution in [0.25, 0.3) is 0 Å². The number of Topliss-reactive ketones (excluding diaryl/α,β-unsaturated/α-hetero) is 1. The number of ketones is 1. The Morgan fingerprint density at radius 3 is 2.28 bits per heavy atom. The van der Waals surface area contributed by atoms with E-state index < -0.39 is 41.9 Å². The standard InChI is InChI=1S/C23H29N3O6/c1-14(2)20(29)24-17-9-7-16(8-10-17)19(28)15(3)32-18(27)13-26-21(30)23(25-22(26)31)11-5-4-6-12-23/h7-10,14-15H,4-6,11-13H2,1-3H3,(H,24,29)(H,25,31). The van der Waals surface area contributed by atoms with Crippen LogP contribution in [0.4, 0.5) is 10.5 Å². The van der Waals surface area contributed by atoms with E-state index in [1.807, 2.05) is 0 Å². The molecule has 2 N–H and O–H groups in total. The molecule has 1 aromatic carbocycles. The second-order valence-electron chi connectivity index (χ2n) is 8.68. The third-order valence-electron chi connectivity index (χ3n) is 5.88. The zero-order chi connectivity index (χ0) is 23.5. The summed E-state index contributed by atoms with van der Waals surface area (Å²) >= 11 is 0. The Hall–Kier alpha value is -3.23. The molecule has 1 saturated heterocycles. The van der Waals surface area contributed by atoms with Crippen molar-refractivity contribution in [2.75, 3.05) is 11.9 Å². The molecule has 9 nitrogen and oxygen atoms in total. The second-order valence-corrected chi connectivity index (χ2v) is 8.68. The highest BCUT2D eigenvalue weighted by Crippen LogP contribution is 2.33. The van der Waals surface area contributed by atoms with Gasteiger partial charge in [0.05, 0.1) is 0 Å². The van der Waals surface area contributed by atoms with Crippen LogP contribution in [-0.4, -0.2) is 52.7 Å². The number of ether oxygens (including phenoxy) is 1. The van der Waals surface area contributed by atoms with Crippen LogP contribution in [0.5, 0.6) is 0 Å². The second kappa shape index (κ2) is 9.50. The van der Waals surface area contributed by atoms with E-state index in [0.717, 1.165) is 24.2 Å². The summed E-state index contributed by atoms with van der Waals surface area (Å²) in [5.74, 6) is -1.98. The number of benzene rings is 1. The van der Waals surface area contributed by atoms with Gasteiger partial charge in [-0.2, -0.15) is 0 Å².